The predicted octanol–water partition coefficient (Wildman–Crippen LogP) is 2.95. The molecule has 0 N–H and O–H groups in total. The minimum atomic E-state index is -0.171. The molecule has 3 aromatic rings. The normalized spacial score (nSPS) is 21.0. The van der Waals surface area contributed by atoms with Gasteiger partial charge in [-0.15, -0.1) is 5.10 Å². The van der Waals surface area contributed by atoms with Gasteiger partial charge in [0.2, 0.25) is 5.82 Å². The number of carbonyl (C=O) groups excluding carboxylic acids is 1. The zero-order valence-electron chi connectivity index (χ0n) is 14.6. The van der Waals surface area contributed by atoms with Crippen LogP contribution < -0.4 is 0 Å². The number of aromatic nitrogens is 4. The monoisotopic (exact) mass is 339 g/mol. The number of amides is 1. The number of hydrogen-bond donors (Lipinski definition) is 0. The van der Waals surface area contributed by atoms with Crippen LogP contribution in [0.1, 0.15) is 53.6 Å². The van der Waals surface area contributed by atoms with Gasteiger partial charge in [0.1, 0.15) is 5.76 Å². The number of nitrogens with zero attached hydrogens (tertiary/aromatic N) is 5. The first-order valence-corrected chi connectivity index (χ1v) is 8.58. The zero-order valence-corrected chi connectivity index (χ0v) is 14.6. The van der Waals surface area contributed by atoms with E-state index in [2.05, 4.69) is 22.0 Å². The van der Waals surface area contributed by atoms with Crippen molar-refractivity contribution in [3.63, 3.8) is 0 Å². The Bertz CT molecular complexity index is 915. The van der Waals surface area contributed by atoms with E-state index >= 15 is 0 Å². The Labute approximate surface area is 145 Å². The molecule has 3 aromatic heterocycles. The van der Waals surface area contributed by atoms with Crippen molar-refractivity contribution in [1.29, 1.82) is 0 Å². The lowest BCUT2D eigenvalue weighted by atomic mass is 9.91. The second-order valence-electron chi connectivity index (χ2n) is 6.85. The van der Waals surface area contributed by atoms with Crippen molar-refractivity contribution in [3.05, 3.63) is 47.4 Å². The Kier molecular flexibility index (Phi) is 3.78. The van der Waals surface area contributed by atoms with Gasteiger partial charge in [-0.3, -0.25) is 4.79 Å². The highest BCUT2D eigenvalue weighted by Gasteiger charge is 2.35. The van der Waals surface area contributed by atoms with E-state index in [1.54, 1.807) is 10.8 Å². The third-order valence-electron chi connectivity index (χ3n) is 4.81. The first-order chi connectivity index (χ1) is 12.0. The predicted molar refractivity (Wildman–Crippen MR) is 91.1 cm³/mol. The van der Waals surface area contributed by atoms with Crippen LogP contribution in [0, 0.1) is 19.8 Å². The standard InChI is InChI=1S/C18H21N5O2/c1-11-6-7-22(14(9-11)15-5-4-8-25-15)17(24)16-20-18-19-12(2)10-13(3)23(18)21-16/h4-5,8,10-11,14H,6-7,9H2,1-3H3/t11-,14-/m0/s1. The molecule has 2 atom stereocenters. The van der Waals surface area contributed by atoms with Crippen molar-refractivity contribution in [3.8, 4) is 0 Å². The summed E-state index contributed by atoms with van der Waals surface area (Å²) in [4.78, 5) is 23.7. The second kappa shape index (κ2) is 5.98. The van der Waals surface area contributed by atoms with E-state index in [-0.39, 0.29) is 17.8 Å². The number of aryl methyl sites for hydroxylation is 2. The molecule has 0 unspecified atom stereocenters. The largest absolute Gasteiger partial charge is 0.467 e. The van der Waals surface area contributed by atoms with Crippen molar-refractivity contribution in [2.75, 3.05) is 6.54 Å². The van der Waals surface area contributed by atoms with Crippen LogP contribution in [-0.4, -0.2) is 36.9 Å². The Balaban J connectivity index is 1.70. The van der Waals surface area contributed by atoms with Crippen molar-refractivity contribution in [2.24, 2.45) is 5.92 Å². The summed E-state index contributed by atoms with van der Waals surface area (Å²) >= 11 is 0. The average Bonchev–Trinajstić information content (AvgIpc) is 3.23. The van der Waals surface area contributed by atoms with Crippen LogP contribution in [0.2, 0.25) is 0 Å². The fourth-order valence-corrected chi connectivity index (χ4v) is 3.52. The summed E-state index contributed by atoms with van der Waals surface area (Å²) in [5, 5.41) is 4.38. The molecule has 0 radical (unpaired) electrons. The van der Waals surface area contributed by atoms with Gasteiger partial charge in [-0.25, -0.2) is 9.50 Å². The topological polar surface area (TPSA) is 76.5 Å². The van der Waals surface area contributed by atoms with Crippen LogP contribution in [0.4, 0.5) is 0 Å². The summed E-state index contributed by atoms with van der Waals surface area (Å²) in [5.74, 6) is 1.83. The summed E-state index contributed by atoms with van der Waals surface area (Å²) in [6.45, 7) is 6.71. The number of furan rings is 1. The lowest BCUT2D eigenvalue weighted by molar-refractivity contribution is 0.0509. The molecule has 1 aliphatic heterocycles. The Morgan fingerprint density at radius 1 is 1.32 bits per heavy atom. The Hall–Kier alpha value is -2.70. The molecule has 7 nitrogen and oxygen atoms in total. The summed E-state index contributed by atoms with van der Waals surface area (Å²) in [6.07, 6.45) is 3.49. The van der Waals surface area contributed by atoms with Gasteiger partial charge >= 0.3 is 0 Å². The lowest BCUT2D eigenvalue weighted by Gasteiger charge is -2.36. The molecule has 0 bridgehead atoms. The molecule has 4 heterocycles. The van der Waals surface area contributed by atoms with E-state index in [1.807, 2.05) is 36.9 Å². The van der Waals surface area contributed by atoms with E-state index in [0.29, 0.717) is 18.2 Å². The highest BCUT2D eigenvalue weighted by atomic mass is 16.3. The van der Waals surface area contributed by atoms with Crippen molar-refractivity contribution >= 4 is 11.7 Å². The van der Waals surface area contributed by atoms with Gasteiger partial charge in [-0.1, -0.05) is 6.92 Å². The lowest BCUT2D eigenvalue weighted by Crippen LogP contribution is -2.41. The molecule has 0 aliphatic carbocycles. The molecule has 0 aromatic carbocycles. The van der Waals surface area contributed by atoms with Crippen molar-refractivity contribution in [1.82, 2.24) is 24.5 Å². The minimum Gasteiger partial charge on any atom is -0.467 e. The van der Waals surface area contributed by atoms with Crippen LogP contribution in [0.5, 0.6) is 0 Å². The van der Waals surface area contributed by atoms with Crippen LogP contribution in [0.3, 0.4) is 0 Å². The number of piperidine rings is 1. The molecule has 25 heavy (non-hydrogen) atoms. The summed E-state index contributed by atoms with van der Waals surface area (Å²) in [6, 6.07) is 5.63. The average molecular weight is 339 g/mol. The Morgan fingerprint density at radius 2 is 2.16 bits per heavy atom. The van der Waals surface area contributed by atoms with Crippen LogP contribution in [-0.2, 0) is 0 Å². The van der Waals surface area contributed by atoms with Crippen LogP contribution >= 0.6 is 0 Å². The molecule has 4 rings (SSSR count). The third-order valence-corrected chi connectivity index (χ3v) is 4.81. The summed E-state index contributed by atoms with van der Waals surface area (Å²) in [5.41, 5.74) is 1.76. The molecule has 130 valence electrons. The van der Waals surface area contributed by atoms with Gasteiger partial charge in [-0.2, -0.15) is 4.98 Å². The zero-order chi connectivity index (χ0) is 17.6. The molecule has 1 fully saturated rings. The van der Waals surface area contributed by atoms with E-state index in [0.717, 1.165) is 30.0 Å². The fourth-order valence-electron chi connectivity index (χ4n) is 3.52. The molecular weight excluding hydrogens is 318 g/mol. The number of hydrogen-bond acceptors (Lipinski definition) is 5. The van der Waals surface area contributed by atoms with Gasteiger partial charge < -0.3 is 9.32 Å². The van der Waals surface area contributed by atoms with E-state index in [9.17, 15) is 4.79 Å². The molecular formula is C18H21N5O2. The van der Waals surface area contributed by atoms with Gasteiger partial charge in [0.15, 0.2) is 0 Å². The fraction of sp³-hybridized carbons (Fsp3) is 0.444. The van der Waals surface area contributed by atoms with Gasteiger partial charge in [-0.05, 0) is 50.8 Å². The van der Waals surface area contributed by atoms with E-state index < -0.39 is 0 Å². The smallest absolute Gasteiger partial charge is 0.294 e. The molecule has 1 aliphatic rings. The van der Waals surface area contributed by atoms with Gasteiger partial charge in [0.05, 0.1) is 12.3 Å². The quantitative estimate of drug-likeness (QED) is 0.717. The van der Waals surface area contributed by atoms with Crippen molar-refractivity contribution in [2.45, 2.75) is 39.7 Å². The maximum absolute atomic E-state index is 13.1. The third kappa shape index (κ3) is 2.79. The maximum Gasteiger partial charge on any atom is 0.294 e. The number of rotatable bonds is 2. The van der Waals surface area contributed by atoms with E-state index in [4.69, 9.17) is 4.42 Å². The van der Waals surface area contributed by atoms with Crippen LogP contribution in [0.25, 0.3) is 5.78 Å². The van der Waals surface area contributed by atoms with Crippen molar-refractivity contribution < 1.29 is 9.21 Å². The highest BCUT2D eigenvalue weighted by Crippen LogP contribution is 2.35. The number of carbonyl (C=O) groups is 1. The SMILES string of the molecule is Cc1cc(C)n2nc(C(=O)N3CC[C@H](C)C[C@H]3c3ccco3)nc2n1. The summed E-state index contributed by atoms with van der Waals surface area (Å²) < 4.78 is 7.20. The molecule has 1 saturated heterocycles. The maximum atomic E-state index is 13.1. The van der Waals surface area contributed by atoms with E-state index in [1.165, 1.54) is 0 Å². The minimum absolute atomic E-state index is 0.0753. The highest BCUT2D eigenvalue weighted by molar-refractivity contribution is 5.91. The second-order valence-corrected chi connectivity index (χ2v) is 6.85. The molecule has 7 heteroatoms. The molecule has 0 saturated carbocycles. The van der Waals surface area contributed by atoms with Gasteiger partial charge in [0.25, 0.3) is 11.7 Å². The molecule has 1 amide bonds. The summed E-state index contributed by atoms with van der Waals surface area (Å²) in [7, 11) is 0. The first-order valence-electron chi connectivity index (χ1n) is 8.58. The molecule has 0 spiro atoms. The first kappa shape index (κ1) is 15.8. The number of fused-ring (bicyclic) bond motifs is 1. The number of likely N-dealkylation sites (tertiary alicyclic amines) is 1. The van der Waals surface area contributed by atoms with Gasteiger partial charge in [0, 0.05) is 17.9 Å². The van der Waals surface area contributed by atoms with Crippen LogP contribution in [0.15, 0.2) is 28.9 Å². The Morgan fingerprint density at radius 3 is 2.92 bits per heavy atom.